The average molecular weight is 337 g/mol. The predicted molar refractivity (Wildman–Crippen MR) is 62.8 cm³/mol. The normalized spacial score (nSPS) is 9.53. The molecule has 1 aromatic carbocycles. The van der Waals surface area contributed by atoms with Gasteiger partial charge in [0.25, 0.3) is 0 Å². The molecule has 0 atom stereocenters. The lowest BCUT2D eigenvalue weighted by molar-refractivity contribution is -0.136. The fourth-order valence-corrected chi connectivity index (χ4v) is 1.98. The number of benzene rings is 1. The Kier molecular flexibility index (Phi) is 4.25. The maximum Gasteiger partial charge on any atom is 0.323 e. The first-order valence-electron chi connectivity index (χ1n) is 3.81. The van der Waals surface area contributed by atoms with Crippen LogP contribution >= 0.6 is 31.9 Å². The molecular weight excluding hydrogens is 330 g/mol. The Balaban J connectivity index is 2.81. The Bertz CT molecular complexity index is 409. The van der Waals surface area contributed by atoms with Gasteiger partial charge in [0, 0.05) is 8.95 Å². The smallest absolute Gasteiger partial charge is 0.317 e. The molecule has 0 aliphatic carbocycles. The lowest BCUT2D eigenvalue weighted by atomic mass is 10.3. The summed E-state index contributed by atoms with van der Waals surface area (Å²) in [5.41, 5.74) is 2.23. The molecule has 4 N–H and O–H groups in total. The van der Waals surface area contributed by atoms with E-state index in [1.54, 1.807) is 23.6 Å². The Morgan fingerprint density at radius 2 is 1.87 bits per heavy atom. The van der Waals surface area contributed by atoms with E-state index in [1.807, 2.05) is 0 Å². The molecule has 1 aromatic rings. The van der Waals surface area contributed by atoms with Crippen molar-refractivity contribution in [3.63, 3.8) is 0 Å². The number of hydrogen-bond donors (Lipinski definition) is 3. The Morgan fingerprint density at radius 3 is 2.40 bits per heavy atom. The molecule has 0 unspecified atom stereocenters. The zero-order valence-electron chi connectivity index (χ0n) is 7.38. The van der Waals surface area contributed by atoms with Gasteiger partial charge in [0.05, 0.1) is 5.69 Å². The summed E-state index contributed by atoms with van der Waals surface area (Å²) in [6.07, 6.45) is 0. The van der Waals surface area contributed by atoms with Crippen molar-refractivity contribution in [2.45, 2.75) is 0 Å². The molecule has 0 radical (unpaired) electrons. The van der Waals surface area contributed by atoms with Gasteiger partial charge in [0.1, 0.15) is 0 Å². The molecule has 0 spiro atoms. The summed E-state index contributed by atoms with van der Waals surface area (Å²) >= 11 is 6.50. The van der Waals surface area contributed by atoms with Gasteiger partial charge in [0.15, 0.2) is 0 Å². The quantitative estimate of drug-likeness (QED) is 0.311. The number of hydrazine groups is 1. The lowest BCUT2D eigenvalue weighted by Crippen LogP contribution is -2.39. The van der Waals surface area contributed by atoms with E-state index >= 15 is 0 Å². The van der Waals surface area contributed by atoms with E-state index in [0.717, 1.165) is 4.47 Å². The second-order valence-electron chi connectivity index (χ2n) is 2.55. The van der Waals surface area contributed by atoms with Gasteiger partial charge in [-0.15, -0.1) is 0 Å². The van der Waals surface area contributed by atoms with Crippen molar-refractivity contribution >= 4 is 49.4 Å². The van der Waals surface area contributed by atoms with E-state index in [9.17, 15) is 9.59 Å². The monoisotopic (exact) mass is 335 g/mol. The first kappa shape index (κ1) is 12.2. The van der Waals surface area contributed by atoms with Crippen molar-refractivity contribution in [3.05, 3.63) is 27.1 Å². The van der Waals surface area contributed by atoms with E-state index < -0.39 is 11.8 Å². The topological polar surface area (TPSA) is 84.2 Å². The summed E-state index contributed by atoms with van der Waals surface area (Å²) in [5.74, 6) is 3.09. The zero-order valence-corrected chi connectivity index (χ0v) is 10.6. The fraction of sp³-hybridized carbons (Fsp3) is 0. The van der Waals surface area contributed by atoms with Crippen molar-refractivity contribution < 1.29 is 9.59 Å². The molecule has 0 heterocycles. The van der Waals surface area contributed by atoms with Crippen molar-refractivity contribution in [1.29, 1.82) is 0 Å². The summed E-state index contributed by atoms with van der Waals surface area (Å²) in [5, 5.41) is 2.39. The largest absolute Gasteiger partial charge is 0.323 e. The van der Waals surface area contributed by atoms with Crippen LogP contribution in [0.4, 0.5) is 5.69 Å². The van der Waals surface area contributed by atoms with Crippen molar-refractivity contribution in [2.24, 2.45) is 5.84 Å². The Morgan fingerprint density at radius 1 is 1.20 bits per heavy atom. The van der Waals surface area contributed by atoms with Gasteiger partial charge in [-0.25, -0.2) is 5.84 Å². The zero-order chi connectivity index (χ0) is 11.4. The summed E-state index contributed by atoms with van der Waals surface area (Å²) in [6.45, 7) is 0. The number of anilines is 1. The minimum Gasteiger partial charge on any atom is -0.317 e. The predicted octanol–water partition coefficient (Wildman–Crippen LogP) is 1.14. The first-order chi connectivity index (χ1) is 7.04. The SMILES string of the molecule is NNC(=O)C(=O)Nc1ccc(Br)cc1Br. The highest BCUT2D eigenvalue weighted by Gasteiger charge is 2.13. The lowest BCUT2D eigenvalue weighted by Gasteiger charge is -2.06. The van der Waals surface area contributed by atoms with E-state index in [-0.39, 0.29) is 0 Å². The Labute approximate surface area is 103 Å². The molecule has 0 saturated heterocycles. The summed E-state index contributed by atoms with van der Waals surface area (Å²) < 4.78 is 1.52. The van der Waals surface area contributed by atoms with Crippen LogP contribution in [0.2, 0.25) is 0 Å². The third kappa shape index (κ3) is 3.29. The molecule has 1 rings (SSSR count). The van der Waals surface area contributed by atoms with Gasteiger partial charge in [0.2, 0.25) is 0 Å². The molecule has 0 saturated carbocycles. The van der Waals surface area contributed by atoms with Crippen LogP contribution < -0.4 is 16.6 Å². The van der Waals surface area contributed by atoms with E-state index in [4.69, 9.17) is 5.84 Å². The second kappa shape index (κ2) is 5.24. The molecule has 0 fully saturated rings. The van der Waals surface area contributed by atoms with Gasteiger partial charge in [-0.3, -0.25) is 15.0 Å². The number of halogens is 2. The van der Waals surface area contributed by atoms with E-state index in [0.29, 0.717) is 10.2 Å². The number of rotatable bonds is 1. The highest BCUT2D eigenvalue weighted by atomic mass is 79.9. The van der Waals surface area contributed by atoms with Crippen molar-refractivity contribution in [2.75, 3.05) is 5.32 Å². The molecule has 0 aliphatic rings. The number of nitrogens with one attached hydrogen (secondary N) is 2. The maximum atomic E-state index is 11.1. The minimum absolute atomic E-state index is 0.492. The van der Waals surface area contributed by atoms with Gasteiger partial charge < -0.3 is 5.32 Å². The van der Waals surface area contributed by atoms with Crippen LogP contribution in [0.15, 0.2) is 27.1 Å². The van der Waals surface area contributed by atoms with Gasteiger partial charge in [-0.1, -0.05) is 15.9 Å². The van der Waals surface area contributed by atoms with Gasteiger partial charge in [-0.05, 0) is 34.1 Å². The number of nitrogens with two attached hydrogens (primary N) is 1. The van der Waals surface area contributed by atoms with Crippen molar-refractivity contribution in [3.8, 4) is 0 Å². The summed E-state index contributed by atoms with van der Waals surface area (Å²) in [7, 11) is 0. The van der Waals surface area contributed by atoms with E-state index in [2.05, 4.69) is 37.2 Å². The molecule has 7 heteroatoms. The summed E-state index contributed by atoms with van der Waals surface area (Å²) in [6, 6.07) is 5.13. The van der Waals surface area contributed by atoms with Crippen LogP contribution in [0.25, 0.3) is 0 Å². The Hall–Kier alpha value is -0.920. The maximum absolute atomic E-state index is 11.1. The van der Waals surface area contributed by atoms with Gasteiger partial charge in [-0.2, -0.15) is 0 Å². The number of carbonyl (C=O) groups is 2. The molecule has 0 aliphatic heterocycles. The van der Waals surface area contributed by atoms with Crippen LogP contribution in [0, 0.1) is 0 Å². The molecule has 80 valence electrons. The molecular formula is C8H7Br2N3O2. The number of hydrogen-bond acceptors (Lipinski definition) is 3. The minimum atomic E-state index is -0.898. The standard InChI is InChI=1S/C8H7Br2N3O2/c9-4-1-2-6(5(10)3-4)12-7(14)8(15)13-11/h1-3H,11H2,(H,12,14)(H,13,15). The van der Waals surface area contributed by atoms with Crippen LogP contribution in [0.3, 0.4) is 0 Å². The number of amides is 2. The first-order valence-corrected chi connectivity index (χ1v) is 5.40. The third-order valence-corrected chi connectivity index (χ3v) is 2.67. The van der Waals surface area contributed by atoms with Gasteiger partial charge >= 0.3 is 11.8 Å². The molecule has 15 heavy (non-hydrogen) atoms. The van der Waals surface area contributed by atoms with Crippen LogP contribution in [-0.2, 0) is 9.59 Å². The van der Waals surface area contributed by atoms with Crippen LogP contribution in [0.1, 0.15) is 0 Å². The molecule has 0 bridgehead atoms. The van der Waals surface area contributed by atoms with Crippen LogP contribution in [-0.4, -0.2) is 11.8 Å². The third-order valence-electron chi connectivity index (χ3n) is 1.52. The molecule has 0 aromatic heterocycles. The average Bonchev–Trinajstić information content (AvgIpc) is 2.20. The van der Waals surface area contributed by atoms with Crippen LogP contribution in [0.5, 0.6) is 0 Å². The number of carbonyl (C=O) groups excluding carboxylic acids is 2. The molecule has 2 amide bonds. The molecule has 5 nitrogen and oxygen atoms in total. The second-order valence-corrected chi connectivity index (χ2v) is 4.32. The highest BCUT2D eigenvalue weighted by Crippen LogP contribution is 2.25. The summed E-state index contributed by atoms with van der Waals surface area (Å²) in [4.78, 5) is 22.0. The fourth-order valence-electron chi connectivity index (χ4n) is 0.835. The highest BCUT2D eigenvalue weighted by molar-refractivity contribution is 9.11. The van der Waals surface area contributed by atoms with Crippen molar-refractivity contribution in [1.82, 2.24) is 5.43 Å². The van der Waals surface area contributed by atoms with E-state index in [1.165, 1.54) is 0 Å².